The maximum Gasteiger partial charge on any atom is 0.261 e. The number of sulfonamides is 1. The van der Waals surface area contributed by atoms with Gasteiger partial charge in [0.25, 0.3) is 10.0 Å². The van der Waals surface area contributed by atoms with Gasteiger partial charge in [-0.25, -0.2) is 12.8 Å². The molecule has 106 valence electrons. The molecule has 0 aliphatic heterocycles. The van der Waals surface area contributed by atoms with E-state index in [0.29, 0.717) is 20.5 Å². The van der Waals surface area contributed by atoms with Gasteiger partial charge >= 0.3 is 0 Å². The van der Waals surface area contributed by atoms with Crippen LogP contribution in [0.2, 0.25) is 0 Å². The molecule has 0 fully saturated rings. The normalized spacial score (nSPS) is 11.3. The van der Waals surface area contributed by atoms with Crippen LogP contribution in [0.15, 0.2) is 41.3 Å². The summed E-state index contributed by atoms with van der Waals surface area (Å²) in [6.45, 7) is 1.73. The summed E-state index contributed by atoms with van der Waals surface area (Å²) in [6.07, 6.45) is 0. The van der Waals surface area contributed by atoms with E-state index in [0.717, 1.165) is 0 Å². The molecule has 0 aliphatic rings. The molecule has 2 rings (SSSR count). The Hall–Kier alpha value is -1.35. The van der Waals surface area contributed by atoms with Gasteiger partial charge in [-0.15, -0.1) is 0 Å². The number of nitrogens with two attached hydrogens (primary N) is 1. The lowest BCUT2D eigenvalue weighted by Gasteiger charge is -2.11. The first-order valence-corrected chi connectivity index (χ1v) is 8.20. The predicted molar refractivity (Wildman–Crippen MR) is 85.5 cm³/mol. The lowest BCUT2D eigenvalue weighted by molar-refractivity contribution is 0.601. The summed E-state index contributed by atoms with van der Waals surface area (Å²) in [7, 11) is -3.72. The van der Waals surface area contributed by atoms with Crippen LogP contribution in [0.3, 0.4) is 0 Å². The van der Waals surface area contributed by atoms with E-state index in [2.05, 4.69) is 4.72 Å². The molecule has 0 saturated carbocycles. The topological polar surface area (TPSA) is 72.2 Å². The van der Waals surface area contributed by atoms with Gasteiger partial charge in [0.15, 0.2) is 0 Å². The predicted octanol–water partition coefficient (Wildman–Crippen LogP) is 3.12. The number of anilines is 2. The fourth-order valence-electron chi connectivity index (χ4n) is 1.59. The van der Waals surface area contributed by atoms with Gasteiger partial charge in [-0.3, -0.25) is 4.72 Å². The molecule has 2 aromatic rings. The van der Waals surface area contributed by atoms with Gasteiger partial charge in [-0.2, -0.15) is 0 Å². The Morgan fingerprint density at radius 1 is 1.20 bits per heavy atom. The number of rotatable bonds is 3. The number of nitrogen functional groups attached to an aromatic ring is 1. The first kappa shape index (κ1) is 15.0. The van der Waals surface area contributed by atoms with E-state index < -0.39 is 15.8 Å². The van der Waals surface area contributed by atoms with Crippen LogP contribution >= 0.6 is 22.6 Å². The highest BCUT2D eigenvalue weighted by molar-refractivity contribution is 14.1. The number of aryl methyl sites for hydroxylation is 1. The van der Waals surface area contributed by atoms with Gasteiger partial charge in [0.05, 0.1) is 10.6 Å². The number of halogens is 2. The highest BCUT2D eigenvalue weighted by Gasteiger charge is 2.16. The van der Waals surface area contributed by atoms with Gasteiger partial charge in [-0.1, -0.05) is 0 Å². The molecule has 0 atom stereocenters. The third-order valence-electron chi connectivity index (χ3n) is 2.73. The summed E-state index contributed by atoms with van der Waals surface area (Å²) in [6, 6.07) is 8.31. The van der Waals surface area contributed by atoms with E-state index in [-0.39, 0.29) is 4.90 Å². The molecule has 0 unspecified atom stereocenters. The molecule has 0 bridgehead atoms. The number of hydrogen-bond acceptors (Lipinski definition) is 3. The first-order chi connectivity index (χ1) is 9.29. The van der Waals surface area contributed by atoms with E-state index in [9.17, 15) is 12.8 Å². The summed E-state index contributed by atoms with van der Waals surface area (Å²) < 4.78 is 40.4. The molecule has 0 amide bonds. The quantitative estimate of drug-likeness (QED) is 0.608. The fraction of sp³-hybridized carbons (Fsp3) is 0.0769. The molecule has 4 nitrogen and oxygen atoms in total. The van der Waals surface area contributed by atoms with Crippen LogP contribution in [0.4, 0.5) is 15.8 Å². The molecule has 0 heterocycles. The van der Waals surface area contributed by atoms with Crippen LogP contribution in [-0.2, 0) is 10.0 Å². The molecule has 3 N–H and O–H groups in total. The second-order valence-electron chi connectivity index (χ2n) is 4.25. The van der Waals surface area contributed by atoms with Crippen molar-refractivity contribution in [3.05, 3.63) is 51.3 Å². The second kappa shape index (κ2) is 5.57. The number of nitrogens with one attached hydrogen (secondary N) is 1. The molecule has 0 spiro atoms. The summed E-state index contributed by atoms with van der Waals surface area (Å²) >= 11 is 1.87. The van der Waals surface area contributed by atoms with Crippen molar-refractivity contribution in [1.82, 2.24) is 0 Å². The summed E-state index contributed by atoms with van der Waals surface area (Å²) in [4.78, 5) is 0.115. The van der Waals surface area contributed by atoms with Crippen molar-refractivity contribution in [2.75, 3.05) is 10.5 Å². The third-order valence-corrected chi connectivity index (χ3v) is 4.98. The van der Waals surface area contributed by atoms with Crippen LogP contribution in [0, 0.1) is 16.3 Å². The summed E-state index contributed by atoms with van der Waals surface area (Å²) in [5.74, 6) is -0.416. The summed E-state index contributed by atoms with van der Waals surface area (Å²) in [5, 5.41) is 0. The molecule has 0 aromatic heterocycles. The van der Waals surface area contributed by atoms with Crippen molar-refractivity contribution in [3.8, 4) is 0 Å². The molecular formula is C13H12FIN2O2S. The monoisotopic (exact) mass is 406 g/mol. The van der Waals surface area contributed by atoms with Crippen molar-refractivity contribution in [2.24, 2.45) is 0 Å². The van der Waals surface area contributed by atoms with Crippen molar-refractivity contribution < 1.29 is 12.8 Å². The zero-order valence-electron chi connectivity index (χ0n) is 10.5. The van der Waals surface area contributed by atoms with E-state index in [4.69, 9.17) is 5.73 Å². The van der Waals surface area contributed by atoms with Crippen molar-refractivity contribution in [1.29, 1.82) is 0 Å². The minimum Gasteiger partial charge on any atom is -0.399 e. The molecule has 0 aliphatic carbocycles. The van der Waals surface area contributed by atoms with E-state index in [1.54, 1.807) is 13.0 Å². The Labute approximate surface area is 130 Å². The minimum absolute atomic E-state index is 0.115. The molecule has 2 aromatic carbocycles. The largest absolute Gasteiger partial charge is 0.399 e. The van der Waals surface area contributed by atoms with Gasteiger partial charge < -0.3 is 5.73 Å². The lowest BCUT2D eigenvalue weighted by Crippen LogP contribution is -2.14. The van der Waals surface area contributed by atoms with Gasteiger partial charge in [-0.05, 0) is 71.5 Å². The van der Waals surface area contributed by atoms with Gasteiger partial charge in [0.2, 0.25) is 0 Å². The van der Waals surface area contributed by atoms with Gasteiger partial charge in [0.1, 0.15) is 5.82 Å². The van der Waals surface area contributed by atoms with Crippen molar-refractivity contribution >= 4 is 44.0 Å². The average Bonchev–Trinajstić information content (AvgIpc) is 2.36. The SMILES string of the molecule is Cc1cc(S(=O)(=O)Nc2ccc(F)cc2I)ccc1N. The Bertz CT molecular complexity index is 763. The highest BCUT2D eigenvalue weighted by Crippen LogP contribution is 2.24. The Morgan fingerprint density at radius 3 is 2.50 bits per heavy atom. The zero-order valence-corrected chi connectivity index (χ0v) is 13.5. The van der Waals surface area contributed by atoms with Crippen LogP contribution < -0.4 is 10.5 Å². The van der Waals surface area contributed by atoms with E-state index in [1.165, 1.54) is 30.3 Å². The smallest absolute Gasteiger partial charge is 0.261 e. The maximum atomic E-state index is 13.0. The minimum atomic E-state index is -3.72. The van der Waals surface area contributed by atoms with Gasteiger partial charge in [0, 0.05) is 9.26 Å². The maximum absolute atomic E-state index is 13.0. The Kier molecular flexibility index (Phi) is 4.19. The number of hydrogen-bond donors (Lipinski definition) is 2. The molecule has 0 radical (unpaired) electrons. The highest BCUT2D eigenvalue weighted by atomic mass is 127. The standard InChI is InChI=1S/C13H12FIN2O2S/c1-8-6-10(3-4-12(8)16)20(18,19)17-13-5-2-9(14)7-11(13)15/h2-7,17H,16H2,1H3. The van der Waals surface area contributed by atoms with Crippen LogP contribution in [0.1, 0.15) is 5.56 Å². The van der Waals surface area contributed by atoms with Crippen LogP contribution in [-0.4, -0.2) is 8.42 Å². The van der Waals surface area contributed by atoms with Crippen molar-refractivity contribution in [2.45, 2.75) is 11.8 Å². The molecular weight excluding hydrogens is 394 g/mol. The van der Waals surface area contributed by atoms with Crippen LogP contribution in [0.5, 0.6) is 0 Å². The van der Waals surface area contributed by atoms with Crippen LogP contribution in [0.25, 0.3) is 0 Å². The number of benzene rings is 2. The first-order valence-electron chi connectivity index (χ1n) is 5.63. The molecule has 0 saturated heterocycles. The molecule has 20 heavy (non-hydrogen) atoms. The zero-order chi connectivity index (χ0) is 14.9. The van der Waals surface area contributed by atoms with Crippen molar-refractivity contribution in [3.63, 3.8) is 0 Å². The van der Waals surface area contributed by atoms with E-state index >= 15 is 0 Å². The lowest BCUT2D eigenvalue weighted by atomic mass is 10.2. The Balaban J connectivity index is 2.38. The average molecular weight is 406 g/mol. The molecule has 7 heteroatoms. The van der Waals surface area contributed by atoms with E-state index in [1.807, 2.05) is 22.6 Å². The second-order valence-corrected chi connectivity index (χ2v) is 7.09. The third kappa shape index (κ3) is 3.21. The summed E-state index contributed by atoms with van der Waals surface area (Å²) in [5.41, 5.74) is 7.21. The fourth-order valence-corrected chi connectivity index (χ4v) is 3.55. The Morgan fingerprint density at radius 2 is 1.90 bits per heavy atom.